The van der Waals surface area contributed by atoms with Gasteiger partial charge in [-0.05, 0) is 13.3 Å². The molecule has 9 nitrogen and oxygen atoms in total. The molecule has 1 aromatic carbocycles. The summed E-state index contributed by atoms with van der Waals surface area (Å²) in [4.78, 5) is 37.6. The summed E-state index contributed by atoms with van der Waals surface area (Å²) in [6, 6.07) is 10.3. The first kappa shape index (κ1) is 26.4. The van der Waals surface area contributed by atoms with Gasteiger partial charge in [0.25, 0.3) is 0 Å². The van der Waals surface area contributed by atoms with E-state index in [1.165, 1.54) is 5.56 Å². The average molecular weight is 420 g/mol. The van der Waals surface area contributed by atoms with Crippen LogP contribution in [0, 0.1) is 12.8 Å². The fourth-order valence-corrected chi connectivity index (χ4v) is 2.32. The summed E-state index contributed by atoms with van der Waals surface area (Å²) in [5.74, 6) is -3.90. The molecule has 4 N–H and O–H groups in total. The first-order valence-electron chi connectivity index (χ1n) is 6.77. The highest BCUT2D eigenvalue weighted by Gasteiger charge is 2.27. The van der Waals surface area contributed by atoms with Crippen molar-refractivity contribution in [1.29, 1.82) is 0 Å². The molecule has 0 spiro atoms. The van der Waals surface area contributed by atoms with Gasteiger partial charge >= 0.3 is 30.1 Å². The Balaban J connectivity index is 0. The largest absolute Gasteiger partial charge is 0.481 e. The standard InChI is InChI=1S/C7H8.C6H11O7P.F2O2S/c1-7-5-3-2-4-6-7;7-5(8)2-1-4(6(9)10)3-14(11,12)13;1-5(2,3)4/h2-6H,1H3;4H,1-3H2,(H,7,8)(H,9,10)(H2,11,12,13);. The molecule has 0 aromatic heterocycles. The van der Waals surface area contributed by atoms with Crippen molar-refractivity contribution in [3.05, 3.63) is 35.9 Å². The van der Waals surface area contributed by atoms with Crippen LogP contribution < -0.4 is 0 Å². The Morgan fingerprint density at radius 1 is 1.12 bits per heavy atom. The van der Waals surface area contributed by atoms with Crippen LogP contribution in [0.15, 0.2) is 30.3 Å². The van der Waals surface area contributed by atoms with Gasteiger partial charge in [-0.2, -0.15) is 8.42 Å². The number of hydrogen-bond donors (Lipinski definition) is 4. The van der Waals surface area contributed by atoms with E-state index in [9.17, 15) is 21.9 Å². The Morgan fingerprint density at radius 2 is 1.54 bits per heavy atom. The van der Waals surface area contributed by atoms with Crippen LogP contribution in [0.25, 0.3) is 0 Å². The van der Waals surface area contributed by atoms with Crippen LogP contribution in [0.5, 0.6) is 0 Å². The number of benzene rings is 1. The number of halogens is 2. The SMILES string of the molecule is Cc1ccccc1.O=C(O)CCC(CP(=O)(O)O)C(=O)O.O=S(=O)(F)F. The van der Waals surface area contributed by atoms with E-state index in [4.69, 9.17) is 28.4 Å². The van der Waals surface area contributed by atoms with E-state index in [1.807, 2.05) is 18.2 Å². The molecule has 150 valence electrons. The van der Waals surface area contributed by atoms with Crippen molar-refractivity contribution in [2.24, 2.45) is 5.92 Å². The molecule has 1 unspecified atom stereocenters. The lowest BCUT2D eigenvalue weighted by Crippen LogP contribution is -2.19. The van der Waals surface area contributed by atoms with Gasteiger partial charge in [0.15, 0.2) is 0 Å². The van der Waals surface area contributed by atoms with Crippen molar-refractivity contribution in [1.82, 2.24) is 0 Å². The van der Waals surface area contributed by atoms with Crippen LogP contribution in [-0.2, 0) is 24.8 Å². The van der Waals surface area contributed by atoms with Gasteiger partial charge in [-0.1, -0.05) is 43.7 Å². The van der Waals surface area contributed by atoms with Crippen molar-refractivity contribution in [2.75, 3.05) is 6.16 Å². The third-order valence-corrected chi connectivity index (χ3v) is 3.37. The van der Waals surface area contributed by atoms with Crippen molar-refractivity contribution in [3.63, 3.8) is 0 Å². The van der Waals surface area contributed by atoms with Gasteiger partial charge in [0, 0.05) is 6.42 Å². The van der Waals surface area contributed by atoms with E-state index >= 15 is 0 Å². The van der Waals surface area contributed by atoms with Crippen LogP contribution in [-0.4, -0.2) is 46.5 Å². The van der Waals surface area contributed by atoms with Gasteiger partial charge in [0.2, 0.25) is 0 Å². The molecule has 1 atom stereocenters. The summed E-state index contributed by atoms with van der Waals surface area (Å²) < 4.78 is 47.1. The van der Waals surface area contributed by atoms with Crippen molar-refractivity contribution in [3.8, 4) is 0 Å². The second-order valence-electron chi connectivity index (χ2n) is 4.85. The summed E-state index contributed by atoms with van der Waals surface area (Å²) in [6.07, 6.45) is -1.53. The zero-order chi connectivity index (χ0) is 21.0. The third kappa shape index (κ3) is 24.4. The molecule has 0 aliphatic heterocycles. The molecule has 0 amide bonds. The number of aryl methyl sites for hydroxylation is 1. The predicted molar refractivity (Wildman–Crippen MR) is 87.2 cm³/mol. The molecule has 1 rings (SSSR count). The number of rotatable bonds is 6. The summed E-state index contributed by atoms with van der Waals surface area (Å²) in [6.45, 7) is 2.08. The van der Waals surface area contributed by atoms with Gasteiger partial charge in [-0.25, -0.2) is 0 Å². The molecule has 0 aliphatic rings. The Hall–Kier alpha value is -1.88. The molecule has 0 saturated heterocycles. The molecule has 1 aromatic rings. The van der Waals surface area contributed by atoms with Crippen molar-refractivity contribution in [2.45, 2.75) is 19.8 Å². The van der Waals surface area contributed by atoms with E-state index in [0.29, 0.717) is 0 Å². The second-order valence-corrected chi connectivity index (χ2v) is 7.30. The highest BCUT2D eigenvalue weighted by atomic mass is 32.3. The van der Waals surface area contributed by atoms with Crippen LogP contribution in [0.4, 0.5) is 7.77 Å². The smallest absolute Gasteiger partial charge is 0.476 e. The number of hydrogen-bond acceptors (Lipinski definition) is 5. The first-order valence-corrected chi connectivity index (χ1v) is 9.85. The molecule has 13 heteroatoms. The molecule has 0 heterocycles. The highest BCUT2D eigenvalue weighted by molar-refractivity contribution is 7.81. The number of carboxylic acids is 2. The molecule has 0 radical (unpaired) electrons. The van der Waals surface area contributed by atoms with E-state index in [1.54, 1.807) is 0 Å². The summed E-state index contributed by atoms with van der Waals surface area (Å²) in [7, 11) is -10.1. The molecular formula is C13H19F2O9PS. The zero-order valence-electron chi connectivity index (χ0n) is 13.5. The van der Waals surface area contributed by atoms with E-state index in [2.05, 4.69) is 19.1 Å². The van der Waals surface area contributed by atoms with Gasteiger partial charge in [-0.15, -0.1) is 0 Å². The first-order chi connectivity index (χ1) is 11.6. The van der Waals surface area contributed by atoms with Crippen LogP contribution in [0.2, 0.25) is 0 Å². The number of carboxylic acid groups (broad SMARTS) is 2. The summed E-state index contributed by atoms with van der Waals surface area (Å²) >= 11 is 0. The predicted octanol–water partition coefficient (Wildman–Crippen LogP) is 1.89. The zero-order valence-corrected chi connectivity index (χ0v) is 15.2. The fourth-order valence-electron chi connectivity index (χ4n) is 1.41. The van der Waals surface area contributed by atoms with Gasteiger partial charge in [0.1, 0.15) is 0 Å². The Morgan fingerprint density at radius 3 is 1.77 bits per heavy atom. The molecular weight excluding hydrogens is 401 g/mol. The average Bonchev–Trinajstić information content (AvgIpc) is 2.41. The Kier molecular flexibility index (Phi) is 12.6. The van der Waals surface area contributed by atoms with E-state index in [-0.39, 0.29) is 6.42 Å². The minimum Gasteiger partial charge on any atom is -0.481 e. The topological polar surface area (TPSA) is 166 Å². The molecule has 0 saturated carbocycles. The molecule has 0 aliphatic carbocycles. The lowest BCUT2D eigenvalue weighted by atomic mass is 10.1. The van der Waals surface area contributed by atoms with Gasteiger partial charge < -0.3 is 20.0 Å². The maximum atomic E-state index is 10.5. The second kappa shape index (κ2) is 12.5. The van der Waals surface area contributed by atoms with Crippen molar-refractivity contribution >= 4 is 30.1 Å². The third-order valence-electron chi connectivity index (χ3n) is 2.45. The Bertz CT molecular complexity index is 696. The van der Waals surface area contributed by atoms with E-state index < -0.39 is 48.6 Å². The highest BCUT2D eigenvalue weighted by Crippen LogP contribution is 2.38. The quantitative estimate of drug-likeness (QED) is 0.397. The summed E-state index contributed by atoms with van der Waals surface area (Å²) in [5, 5.41) is 16.8. The van der Waals surface area contributed by atoms with Gasteiger partial charge in [0.05, 0.1) is 12.1 Å². The van der Waals surface area contributed by atoms with Crippen LogP contribution >= 0.6 is 7.60 Å². The fraction of sp³-hybridized carbons (Fsp3) is 0.385. The molecule has 0 bridgehead atoms. The monoisotopic (exact) mass is 420 g/mol. The maximum Gasteiger partial charge on any atom is 0.476 e. The molecule has 26 heavy (non-hydrogen) atoms. The normalized spacial score (nSPS) is 11.9. The molecule has 0 fully saturated rings. The number of carbonyl (C=O) groups is 2. The van der Waals surface area contributed by atoms with Crippen LogP contribution in [0.3, 0.4) is 0 Å². The van der Waals surface area contributed by atoms with Crippen LogP contribution in [0.1, 0.15) is 18.4 Å². The minimum atomic E-state index is -5.67. The minimum absolute atomic E-state index is 0.282. The lowest BCUT2D eigenvalue weighted by Gasteiger charge is -2.11. The van der Waals surface area contributed by atoms with Crippen molar-refractivity contribution < 1.29 is 50.3 Å². The Labute approximate surface area is 149 Å². The van der Waals surface area contributed by atoms with E-state index in [0.717, 1.165) is 0 Å². The number of aliphatic carboxylic acids is 2. The van der Waals surface area contributed by atoms with Gasteiger partial charge in [-0.3, -0.25) is 14.2 Å². The lowest BCUT2D eigenvalue weighted by molar-refractivity contribution is -0.142. The summed E-state index contributed by atoms with van der Waals surface area (Å²) in [5.41, 5.74) is 1.32. The maximum absolute atomic E-state index is 10.5.